The van der Waals surface area contributed by atoms with E-state index in [4.69, 9.17) is 9.47 Å². The largest absolute Gasteiger partial charge is 0.481 e. The Labute approximate surface area is 116 Å². The summed E-state index contributed by atoms with van der Waals surface area (Å²) in [5.74, 6) is -0.879. The van der Waals surface area contributed by atoms with Crippen LogP contribution in [0.15, 0.2) is 12.1 Å². The monoisotopic (exact) mass is 280 g/mol. The van der Waals surface area contributed by atoms with Crippen molar-refractivity contribution in [1.82, 2.24) is 0 Å². The zero-order valence-electron chi connectivity index (χ0n) is 11.2. The molecule has 1 aromatic rings. The van der Waals surface area contributed by atoms with Crippen molar-refractivity contribution in [2.45, 2.75) is 44.1 Å². The highest BCUT2D eigenvalue weighted by atomic mass is 19.1. The predicted octanol–water partition coefficient (Wildman–Crippen LogP) is 2.98. The van der Waals surface area contributed by atoms with Crippen LogP contribution in [-0.2, 0) is 21.6 Å². The second-order valence-corrected chi connectivity index (χ2v) is 5.46. The second-order valence-electron chi connectivity index (χ2n) is 5.46. The average Bonchev–Trinajstić information content (AvgIpc) is 2.47. The van der Waals surface area contributed by atoms with Gasteiger partial charge in [0.1, 0.15) is 11.6 Å². The first-order chi connectivity index (χ1) is 9.65. The number of carboxylic acids is 1. The summed E-state index contributed by atoms with van der Waals surface area (Å²) >= 11 is 0. The van der Waals surface area contributed by atoms with Crippen molar-refractivity contribution in [3.63, 3.8) is 0 Å². The molecule has 1 aliphatic carbocycles. The van der Waals surface area contributed by atoms with Gasteiger partial charge in [-0.1, -0.05) is 19.3 Å². The van der Waals surface area contributed by atoms with Crippen molar-refractivity contribution < 1.29 is 23.8 Å². The van der Waals surface area contributed by atoms with E-state index in [1.54, 1.807) is 6.07 Å². The summed E-state index contributed by atoms with van der Waals surface area (Å²) in [5.41, 5.74) is -0.319. The molecule has 1 fully saturated rings. The summed E-state index contributed by atoms with van der Waals surface area (Å²) < 4.78 is 25.0. The molecule has 0 spiro atoms. The lowest BCUT2D eigenvalue weighted by Crippen LogP contribution is -2.40. The minimum Gasteiger partial charge on any atom is -0.481 e. The summed E-state index contributed by atoms with van der Waals surface area (Å²) in [6.45, 7) is 0.329. The standard InChI is InChI=1S/C15H17FO4/c16-11-4-5-12-10(8-19-9-20-12)13(11)15(14(17)18)6-2-1-3-7-15/h4-5H,1-3,6-9H2,(H,17,18). The van der Waals surface area contributed by atoms with Gasteiger partial charge in [0.15, 0.2) is 6.79 Å². The Morgan fingerprint density at radius 3 is 2.70 bits per heavy atom. The Morgan fingerprint density at radius 1 is 1.25 bits per heavy atom. The maximum Gasteiger partial charge on any atom is 0.314 e. The van der Waals surface area contributed by atoms with E-state index < -0.39 is 17.2 Å². The number of benzene rings is 1. The molecule has 1 saturated carbocycles. The smallest absolute Gasteiger partial charge is 0.314 e. The molecule has 0 amide bonds. The maximum absolute atomic E-state index is 14.4. The van der Waals surface area contributed by atoms with Gasteiger partial charge in [-0.25, -0.2) is 4.39 Å². The summed E-state index contributed by atoms with van der Waals surface area (Å²) in [6.07, 6.45) is 3.54. The maximum atomic E-state index is 14.4. The molecule has 108 valence electrons. The van der Waals surface area contributed by atoms with Crippen molar-refractivity contribution in [2.75, 3.05) is 6.79 Å². The van der Waals surface area contributed by atoms with Crippen molar-refractivity contribution in [3.8, 4) is 5.75 Å². The normalized spacial score (nSPS) is 20.9. The molecule has 1 aliphatic heterocycles. The number of hydrogen-bond acceptors (Lipinski definition) is 3. The number of hydrogen-bond donors (Lipinski definition) is 1. The molecule has 0 saturated heterocycles. The lowest BCUT2D eigenvalue weighted by Gasteiger charge is -2.36. The van der Waals surface area contributed by atoms with Crippen LogP contribution >= 0.6 is 0 Å². The third kappa shape index (κ3) is 1.97. The van der Waals surface area contributed by atoms with Gasteiger partial charge < -0.3 is 14.6 Å². The first-order valence-corrected chi connectivity index (χ1v) is 6.91. The molecule has 4 nitrogen and oxygen atoms in total. The number of fused-ring (bicyclic) bond motifs is 1. The van der Waals surface area contributed by atoms with E-state index in [1.807, 2.05) is 0 Å². The number of ether oxygens (including phenoxy) is 2. The van der Waals surface area contributed by atoms with Crippen LogP contribution in [0, 0.1) is 5.82 Å². The van der Waals surface area contributed by atoms with Crippen LogP contribution in [0.5, 0.6) is 5.75 Å². The summed E-state index contributed by atoms with van der Waals surface area (Å²) in [7, 11) is 0. The average molecular weight is 280 g/mol. The fourth-order valence-corrected chi connectivity index (χ4v) is 3.37. The van der Waals surface area contributed by atoms with Gasteiger partial charge in [0.2, 0.25) is 0 Å². The topological polar surface area (TPSA) is 55.8 Å². The van der Waals surface area contributed by atoms with Crippen molar-refractivity contribution in [3.05, 3.63) is 29.1 Å². The third-order valence-corrected chi connectivity index (χ3v) is 4.36. The van der Waals surface area contributed by atoms with Gasteiger partial charge in [-0.3, -0.25) is 4.79 Å². The van der Waals surface area contributed by atoms with Crippen LogP contribution in [0.1, 0.15) is 43.2 Å². The lowest BCUT2D eigenvalue weighted by molar-refractivity contribution is -0.145. The predicted molar refractivity (Wildman–Crippen MR) is 69.1 cm³/mol. The Kier molecular flexibility index (Phi) is 3.38. The van der Waals surface area contributed by atoms with Gasteiger partial charge in [0, 0.05) is 11.1 Å². The summed E-state index contributed by atoms with van der Waals surface area (Å²) in [4.78, 5) is 11.9. The molecule has 1 heterocycles. The highest BCUT2D eigenvalue weighted by Gasteiger charge is 2.45. The highest BCUT2D eigenvalue weighted by Crippen LogP contribution is 2.45. The molecule has 0 atom stereocenters. The first kappa shape index (κ1) is 13.4. The fourth-order valence-electron chi connectivity index (χ4n) is 3.37. The van der Waals surface area contributed by atoms with Gasteiger partial charge in [0.05, 0.1) is 12.0 Å². The minimum atomic E-state index is -1.14. The van der Waals surface area contributed by atoms with Crippen molar-refractivity contribution >= 4 is 5.97 Å². The van der Waals surface area contributed by atoms with E-state index in [0.717, 1.165) is 19.3 Å². The van der Waals surface area contributed by atoms with Gasteiger partial charge in [-0.2, -0.15) is 0 Å². The van der Waals surface area contributed by atoms with Crippen molar-refractivity contribution in [1.29, 1.82) is 0 Å². The SMILES string of the molecule is O=C(O)C1(c2c(F)ccc3c2COCO3)CCCCC1. The molecule has 0 unspecified atom stereocenters. The van der Waals surface area contributed by atoms with Crippen LogP contribution in [0.3, 0.4) is 0 Å². The zero-order chi connectivity index (χ0) is 14.2. The fraction of sp³-hybridized carbons (Fsp3) is 0.533. The van der Waals surface area contributed by atoms with Crippen LogP contribution < -0.4 is 4.74 Å². The van der Waals surface area contributed by atoms with Crippen LogP contribution in [0.4, 0.5) is 4.39 Å². The molecular weight excluding hydrogens is 263 g/mol. The third-order valence-electron chi connectivity index (χ3n) is 4.36. The number of aliphatic carboxylic acids is 1. The van der Waals surface area contributed by atoms with E-state index in [0.29, 0.717) is 24.2 Å². The van der Waals surface area contributed by atoms with Gasteiger partial charge >= 0.3 is 5.97 Å². The molecule has 3 rings (SSSR count). The Balaban J connectivity index is 2.18. The molecular formula is C15H17FO4. The molecule has 5 heteroatoms. The first-order valence-electron chi connectivity index (χ1n) is 6.91. The molecule has 0 aromatic heterocycles. The van der Waals surface area contributed by atoms with Crippen LogP contribution in [0.2, 0.25) is 0 Å². The molecule has 0 bridgehead atoms. The Bertz CT molecular complexity index is 535. The van der Waals surface area contributed by atoms with Crippen molar-refractivity contribution in [2.24, 2.45) is 0 Å². The second kappa shape index (κ2) is 5.05. The minimum absolute atomic E-state index is 0.123. The molecule has 0 radical (unpaired) electrons. The number of rotatable bonds is 2. The number of halogens is 1. The summed E-state index contributed by atoms with van der Waals surface area (Å²) in [5, 5.41) is 9.72. The number of carbonyl (C=O) groups is 1. The van der Waals surface area contributed by atoms with E-state index >= 15 is 0 Å². The molecule has 20 heavy (non-hydrogen) atoms. The van der Waals surface area contributed by atoms with Gasteiger partial charge in [-0.15, -0.1) is 0 Å². The van der Waals surface area contributed by atoms with E-state index in [1.165, 1.54) is 6.07 Å². The Morgan fingerprint density at radius 2 is 2.00 bits per heavy atom. The van der Waals surface area contributed by atoms with E-state index in [-0.39, 0.29) is 19.0 Å². The van der Waals surface area contributed by atoms with Gasteiger partial charge in [-0.05, 0) is 25.0 Å². The summed E-state index contributed by atoms with van der Waals surface area (Å²) in [6, 6.07) is 2.86. The van der Waals surface area contributed by atoms with E-state index in [9.17, 15) is 14.3 Å². The molecule has 1 aromatic carbocycles. The zero-order valence-corrected chi connectivity index (χ0v) is 11.2. The van der Waals surface area contributed by atoms with Crippen LogP contribution in [0.25, 0.3) is 0 Å². The quantitative estimate of drug-likeness (QED) is 0.904. The lowest BCUT2D eigenvalue weighted by atomic mass is 9.68. The number of carboxylic acid groups (broad SMARTS) is 1. The van der Waals surface area contributed by atoms with Gasteiger partial charge in [0.25, 0.3) is 0 Å². The van der Waals surface area contributed by atoms with E-state index in [2.05, 4.69) is 0 Å². The Hall–Kier alpha value is -1.62. The highest BCUT2D eigenvalue weighted by molar-refractivity contribution is 5.82. The molecule has 1 N–H and O–H groups in total. The molecule has 2 aliphatic rings. The van der Waals surface area contributed by atoms with Crippen LogP contribution in [-0.4, -0.2) is 17.9 Å².